The summed E-state index contributed by atoms with van der Waals surface area (Å²) in [6.07, 6.45) is -0.354. The number of phenolic OH excluding ortho intramolecular Hbond substituents is 1. The van der Waals surface area contributed by atoms with Crippen molar-refractivity contribution >= 4 is 17.6 Å². The van der Waals surface area contributed by atoms with E-state index in [2.05, 4.69) is 21.4 Å². The maximum absolute atomic E-state index is 11.7. The third-order valence-corrected chi connectivity index (χ3v) is 4.95. The van der Waals surface area contributed by atoms with Gasteiger partial charge in [0.2, 0.25) is 0 Å². The molecule has 4 N–H and O–H groups in total. The lowest BCUT2D eigenvalue weighted by Crippen LogP contribution is -2.33. The molecule has 3 rings (SSSR count). The second-order valence-corrected chi connectivity index (χ2v) is 7.76. The van der Waals surface area contributed by atoms with Crippen molar-refractivity contribution in [3.05, 3.63) is 53.6 Å². The molecule has 176 valence electrons. The number of benzene rings is 2. The number of nitrogens with zero attached hydrogens (tertiary/aromatic N) is 1. The highest BCUT2D eigenvalue weighted by molar-refractivity contribution is 5.89. The van der Waals surface area contributed by atoms with Crippen LogP contribution in [-0.2, 0) is 9.53 Å². The van der Waals surface area contributed by atoms with Crippen molar-refractivity contribution in [1.82, 2.24) is 16.3 Å². The molecule has 1 heterocycles. The molecule has 0 bridgehead atoms. The van der Waals surface area contributed by atoms with Gasteiger partial charge in [-0.15, -0.1) is 0 Å². The molecule has 3 unspecified atom stereocenters. The number of amides is 1. The molecule has 10 heteroatoms. The Labute approximate surface area is 191 Å². The Balaban J connectivity index is 1.67. The molecule has 2 aromatic carbocycles. The quantitative estimate of drug-likeness (QED) is 0.270. The number of hydrogen-bond donors (Lipinski definition) is 4. The molecule has 0 radical (unpaired) electrons. The number of hydrogen-bond acceptors (Lipinski definition) is 9. The molecule has 33 heavy (non-hydrogen) atoms. The Bertz CT molecular complexity index is 1020. The lowest BCUT2D eigenvalue weighted by Gasteiger charge is -2.24. The molecule has 0 aromatic heterocycles. The zero-order chi connectivity index (χ0) is 24.0. The van der Waals surface area contributed by atoms with Crippen molar-refractivity contribution in [3.63, 3.8) is 0 Å². The monoisotopic (exact) mass is 456 g/mol. The smallest absolute Gasteiger partial charge is 0.337 e. The standard InChI is InChI=1S/C23H28N4O6/c1-13(2)24-26-20(29)12-32-17-9-10-18(19(28)11-17)21-22(14(3)25-27-21)33-16-7-5-15(6-8-16)23(30)31-4/h5-11,14,21-22,25,27-28H,12H2,1-4H3,(H,26,29). The van der Waals surface area contributed by atoms with E-state index in [-0.39, 0.29) is 30.5 Å². The molecule has 0 aliphatic carbocycles. The lowest BCUT2D eigenvalue weighted by molar-refractivity contribution is -0.123. The first kappa shape index (κ1) is 24.0. The molecule has 10 nitrogen and oxygen atoms in total. The number of methoxy groups -OCH3 is 1. The van der Waals surface area contributed by atoms with Gasteiger partial charge in [0, 0.05) is 17.3 Å². The summed E-state index contributed by atoms with van der Waals surface area (Å²) >= 11 is 0. The average Bonchev–Trinajstić information content (AvgIpc) is 3.16. The average molecular weight is 456 g/mol. The number of phenols is 1. The molecule has 1 aliphatic heterocycles. The summed E-state index contributed by atoms with van der Waals surface area (Å²) in [5, 5.41) is 14.4. The van der Waals surface area contributed by atoms with E-state index in [9.17, 15) is 14.7 Å². The van der Waals surface area contributed by atoms with Crippen molar-refractivity contribution in [2.24, 2.45) is 5.10 Å². The van der Waals surface area contributed by atoms with Crippen LogP contribution in [0.2, 0.25) is 0 Å². The second kappa shape index (κ2) is 10.8. The number of nitrogens with one attached hydrogen (secondary N) is 3. The van der Waals surface area contributed by atoms with E-state index >= 15 is 0 Å². The minimum atomic E-state index is -0.421. The summed E-state index contributed by atoms with van der Waals surface area (Å²) in [4.78, 5) is 23.4. The van der Waals surface area contributed by atoms with Gasteiger partial charge < -0.3 is 19.3 Å². The van der Waals surface area contributed by atoms with Crippen molar-refractivity contribution in [2.45, 2.75) is 39.0 Å². The van der Waals surface area contributed by atoms with Crippen LogP contribution in [0.1, 0.15) is 42.7 Å². The van der Waals surface area contributed by atoms with E-state index in [1.807, 2.05) is 6.92 Å². The van der Waals surface area contributed by atoms with Crippen LogP contribution < -0.4 is 25.8 Å². The SMILES string of the molecule is COC(=O)c1ccc(OC2C(C)NNC2c2ccc(OCC(=O)NN=C(C)C)cc2O)cc1. The summed E-state index contributed by atoms with van der Waals surface area (Å²) in [5.41, 5.74) is 10.4. The van der Waals surface area contributed by atoms with E-state index < -0.39 is 11.9 Å². The number of aromatic hydroxyl groups is 1. The molecule has 0 spiro atoms. The molecular formula is C23H28N4O6. The zero-order valence-electron chi connectivity index (χ0n) is 18.9. The molecule has 1 saturated heterocycles. The predicted molar refractivity (Wildman–Crippen MR) is 121 cm³/mol. The van der Waals surface area contributed by atoms with Crippen molar-refractivity contribution in [3.8, 4) is 17.2 Å². The number of hydrazine groups is 1. The van der Waals surface area contributed by atoms with Crippen molar-refractivity contribution < 1.29 is 28.9 Å². The molecule has 2 aromatic rings. The van der Waals surface area contributed by atoms with Gasteiger partial charge in [0.1, 0.15) is 23.4 Å². The fourth-order valence-electron chi connectivity index (χ4n) is 3.28. The van der Waals surface area contributed by atoms with Crippen molar-refractivity contribution in [2.75, 3.05) is 13.7 Å². The zero-order valence-corrected chi connectivity index (χ0v) is 18.9. The second-order valence-electron chi connectivity index (χ2n) is 7.76. The maximum Gasteiger partial charge on any atom is 0.337 e. The number of esters is 1. The van der Waals surface area contributed by atoms with E-state index in [1.165, 1.54) is 13.2 Å². The summed E-state index contributed by atoms with van der Waals surface area (Å²) < 4.78 is 16.3. The maximum atomic E-state index is 11.7. The van der Waals surface area contributed by atoms with E-state index in [0.29, 0.717) is 28.3 Å². The molecule has 1 amide bonds. The highest BCUT2D eigenvalue weighted by atomic mass is 16.5. The summed E-state index contributed by atoms with van der Waals surface area (Å²) in [6.45, 7) is 5.25. The highest BCUT2D eigenvalue weighted by Gasteiger charge is 2.37. The Hall–Kier alpha value is -3.63. The Morgan fingerprint density at radius 3 is 2.42 bits per heavy atom. The van der Waals surface area contributed by atoms with Gasteiger partial charge in [-0.3, -0.25) is 10.2 Å². The third-order valence-electron chi connectivity index (χ3n) is 4.95. The largest absolute Gasteiger partial charge is 0.507 e. The van der Waals surface area contributed by atoms with Crippen LogP contribution in [0.5, 0.6) is 17.2 Å². The van der Waals surface area contributed by atoms with Gasteiger partial charge in [0.25, 0.3) is 5.91 Å². The van der Waals surface area contributed by atoms with Gasteiger partial charge in [0.05, 0.1) is 24.8 Å². The Morgan fingerprint density at radius 2 is 1.79 bits per heavy atom. The van der Waals surface area contributed by atoms with Crippen LogP contribution in [0.3, 0.4) is 0 Å². The summed E-state index contributed by atoms with van der Waals surface area (Å²) in [6, 6.07) is 11.0. The Morgan fingerprint density at radius 1 is 1.09 bits per heavy atom. The number of rotatable bonds is 8. The van der Waals surface area contributed by atoms with Gasteiger partial charge >= 0.3 is 5.97 Å². The molecule has 3 atom stereocenters. The molecule has 1 aliphatic rings. The fraction of sp³-hybridized carbons (Fsp3) is 0.348. The topological polar surface area (TPSA) is 131 Å². The number of ether oxygens (including phenoxy) is 3. The fourth-order valence-corrected chi connectivity index (χ4v) is 3.28. The summed E-state index contributed by atoms with van der Waals surface area (Å²) in [7, 11) is 1.33. The lowest BCUT2D eigenvalue weighted by atomic mass is 9.98. The van der Waals surface area contributed by atoms with Crippen LogP contribution in [0, 0.1) is 0 Å². The van der Waals surface area contributed by atoms with Crippen LogP contribution in [0.25, 0.3) is 0 Å². The minimum Gasteiger partial charge on any atom is -0.507 e. The van der Waals surface area contributed by atoms with Gasteiger partial charge in [-0.25, -0.2) is 15.6 Å². The van der Waals surface area contributed by atoms with Crippen LogP contribution in [-0.4, -0.2) is 48.6 Å². The van der Waals surface area contributed by atoms with Crippen LogP contribution in [0.4, 0.5) is 0 Å². The van der Waals surface area contributed by atoms with Gasteiger partial charge in [0.15, 0.2) is 6.61 Å². The van der Waals surface area contributed by atoms with Crippen LogP contribution in [0.15, 0.2) is 47.6 Å². The molecular weight excluding hydrogens is 428 g/mol. The van der Waals surface area contributed by atoms with Gasteiger partial charge in [-0.1, -0.05) is 0 Å². The number of hydrazone groups is 1. The van der Waals surface area contributed by atoms with E-state index in [0.717, 1.165) is 0 Å². The minimum absolute atomic E-state index is 0.00151. The van der Waals surface area contributed by atoms with E-state index in [4.69, 9.17) is 14.2 Å². The number of carbonyl (C=O) groups excluding carboxylic acids is 2. The Kier molecular flexibility index (Phi) is 7.86. The summed E-state index contributed by atoms with van der Waals surface area (Å²) in [5.74, 6) is 0.0964. The molecule has 1 fully saturated rings. The van der Waals surface area contributed by atoms with Crippen LogP contribution >= 0.6 is 0 Å². The van der Waals surface area contributed by atoms with Crippen molar-refractivity contribution in [1.29, 1.82) is 0 Å². The first-order valence-corrected chi connectivity index (χ1v) is 10.4. The van der Waals surface area contributed by atoms with Gasteiger partial charge in [-0.2, -0.15) is 5.10 Å². The highest BCUT2D eigenvalue weighted by Crippen LogP contribution is 2.34. The predicted octanol–water partition coefficient (Wildman–Crippen LogP) is 2.05. The van der Waals surface area contributed by atoms with E-state index in [1.54, 1.807) is 50.2 Å². The third kappa shape index (κ3) is 6.21. The first-order valence-electron chi connectivity index (χ1n) is 10.4. The number of carbonyl (C=O) groups is 2. The molecule has 0 saturated carbocycles. The normalized spacial score (nSPS) is 19.5. The van der Waals surface area contributed by atoms with Gasteiger partial charge in [-0.05, 0) is 57.2 Å². The first-order chi connectivity index (χ1) is 15.8.